The molecule has 1 saturated heterocycles. The summed E-state index contributed by atoms with van der Waals surface area (Å²) >= 11 is 0. The summed E-state index contributed by atoms with van der Waals surface area (Å²) in [4.78, 5) is 15.2. The quantitative estimate of drug-likeness (QED) is 0.487. The Morgan fingerprint density at radius 3 is 2.29 bits per heavy atom. The van der Waals surface area contributed by atoms with Gasteiger partial charge in [-0.3, -0.25) is 4.90 Å². The highest BCUT2D eigenvalue weighted by Crippen LogP contribution is 2.44. The van der Waals surface area contributed by atoms with E-state index in [2.05, 4.69) is 78.9 Å². The van der Waals surface area contributed by atoms with Crippen LogP contribution < -0.4 is 0 Å². The van der Waals surface area contributed by atoms with Crippen molar-refractivity contribution in [1.82, 2.24) is 4.90 Å². The lowest BCUT2D eigenvalue weighted by molar-refractivity contribution is -0.0331. The standard InChI is InChI=1S/C30H29NO4/c1-33-16-20-10-12-21(13-11-20)22-14-23-17-34-18-24(15-22)31(23)30(32)35-19-29-27-8-4-2-6-25(27)26-7-3-5-9-28(26)29/h2-14,23-24,29H,15-19H2,1H3. The second kappa shape index (κ2) is 9.33. The topological polar surface area (TPSA) is 48.0 Å². The van der Waals surface area contributed by atoms with Gasteiger partial charge in [0, 0.05) is 13.0 Å². The van der Waals surface area contributed by atoms with Gasteiger partial charge in [0.25, 0.3) is 0 Å². The van der Waals surface area contributed by atoms with Crippen molar-refractivity contribution >= 4 is 11.7 Å². The minimum atomic E-state index is -0.254. The zero-order valence-electron chi connectivity index (χ0n) is 19.9. The van der Waals surface area contributed by atoms with Gasteiger partial charge in [0.1, 0.15) is 6.61 Å². The van der Waals surface area contributed by atoms with Crippen LogP contribution in [0.3, 0.4) is 0 Å². The van der Waals surface area contributed by atoms with E-state index in [-0.39, 0.29) is 24.1 Å². The fourth-order valence-corrected chi connectivity index (χ4v) is 5.74. The molecule has 2 heterocycles. The summed E-state index contributed by atoms with van der Waals surface area (Å²) in [5.74, 6) is 0.0592. The number of carbonyl (C=O) groups excluding carboxylic acids is 1. The minimum Gasteiger partial charge on any atom is -0.448 e. The Kier molecular flexibility index (Phi) is 5.88. The van der Waals surface area contributed by atoms with E-state index < -0.39 is 0 Å². The van der Waals surface area contributed by atoms with Gasteiger partial charge in [0.15, 0.2) is 0 Å². The van der Waals surface area contributed by atoms with E-state index in [4.69, 9.17) is 14.2 Å². The van der Waals surface area contributed by atoms with Crippen LogP contribution in [0.25, 0.3) is 16.7 Å². The van der Waals surface area contributed by atoms with Crippen molar-refractivity contribution in [2.75, 3.05) is 26.9 Å². The number of amides is 1. The van der Waals surface area contributed by atoms with Crippen LogP contribution in [-0.2, 0) is 20.8 Å². The summed E-state index contributed by atoms with van der Waals surface area (Å²) in [7, 11) is 1.71. The lowest BCUT2D eigenvalue weighted by Gasteiger charge is -2.44. The summed E-state index contributed by atoms with van der Waals surface area (Å²) in [6.07, 6.45) is 2.67. The third-order valence-corrected chi connectivity index (χ3v) is 7.38. The number of hydrogen-bond acceptors (Lipinski definition) is 4. The van der Waals surface area contributed by atoms with Gasteiger partial charge in [-0.05, 0) is 45.4 Å². The molecule has 0 spiro atoms. The van der Waals surface area contributed by atoms with Crippen LogP contribution in [0.15, 0.2) is 78.9 Å². The highest BCUT2D eigenvalue weighted by molar-refractivity contribution is 5.79. The molecule has 1 fully saturated rings. The van der Waals surface area contributed by atoms with Crippen LogP contribution in [-0.4, -0.2) is 50.0 Å². The fraction of sp³-hybridized carbons (Fsp3) is 0.300. The zero-order chi connectivity index (χ0) is 23.8. The van der Waals surface area contributed by atoms with Crippen molar-refractivity contribution in [1.29, 1.82) is 0 Å². The summed E-state index contributed by atoms with van der Waals surface area (Å²) in [6, 6.07) is 25.2. The summed E-state index contributed by atoms with van der Waals surface area (Å²) in [5.41, 5.74) is 8.51. The lowest BCUT2D eigenvalue weighted by atomic mass is 9.90. The molecule has 2 atom stereocenters. The number of rotatable bonds is 5. The van der Waals surface area contributed by atoms with E-state index in [1.807, 2.05) is 4.90 Å². The SMILES string of the molecule is COCc1ccc(C2=CC3COCC(C2)N3C(=O)OCC2c3ccccc3-c3ccccc32)cc1. The first-order chi connectivity index (χ1) is 17.2. The number of nitrogens with zero attached hydrogens (tertiary/aromatic N) is 1. The third kappa shape index (κ3) is 4.05. The number of carbonyl (C=O) groups is 1. The van der Waals surface area contributed by atoms with Crippen molar-refractivity contribution in [2.45, 2.75) is 31.0 Å². The van der Waals surface area contributed by atoms with E-state index in [0.717, 1.165) is 12.0 Å². The van der Waals surface area contributed by atoms with Gasteiger partial charge >= 0.3 is 6.09 Å². The third-order valence-electron chi connectivity index (χ3n) is 7.38. The summed E-state index contributed by atoms with van der Waals surface area (Å²) in [6.45, 7) is 1.96. The van der Waals surface area contributed by atoms with Gasteiger partial charge in [-0.2, -0.15) is 0 Å². The summed E-state index contributed by atoms with van der Waals surface area (Å²) in [5, 5.41) is 0. The Morgan fingerprint density at radius 1 is 0.943 bits per heavy atom. The molecule has 2 aliphatic heterocycles. The predicted octanol–water partition coefficient (Wildman–Crippen LogP) is 5.64. The van der Waals surface area contributed by atoms with Crippen molar-refractivity contribution in [3.63, 3.8) is 0 Å². The van der Waals surface area contributed by atoms with E-state index in [9.17, 15) is 4.79 Å². The maximum Gasteiger partial charge on any atom is 0.410 e. The number of methoxy groups -OCH3 is 1. The van der Waals surface area contributed by atoms with Crippen LogP contribution in [0.2, 0.25) is 0 Å². The van der Waals surface area contributed by atoms with Crippen LogP contribution in [0.4, 0.5) is 4.79 Å². The number of fused-ring (bicyclic) bond motifs is 5. The van der Waals surface area contributed by atoms with Crippen LogP contribution in [0, 0.1) is 0 Å². The maximum atomic E-state index is 13.4. The number of benzene rings is 3. The molecule has 5 nitrogen and oxygen atoms in total. The van der Waals surface area contributed by atoms with Crippen LogP contribution >= 0.6 is 0 Å². The average molecular weight is 468 g/mol. The molecule has 3 aromatic rings. The van der Waals surface area contributed by atoms with Crippen molar-refractivity contribution < 1.29 is 19.0 Å². The Morgan fingerprint density at radius 2 is 1.63 bits per heavy atom. The molecule has 0 saturated carbocycles. The number of ether oxygens (including phenoxy) is 3. The van der Waals surface area contributed by atoms with E-state index >= 15 is 0 Å². The molecule has 3 aliphatic rings. The molecule has 2 unspecified atom stereocenters. The molecule has 1 aliphatic carbocycles. The minimum absolute atomic E-state index is 0.0250. The fourth-order valence-electron chi connectivity index (χ4n) is 5.74. The van der Waals surface area contributed by atoms with Crippen LogP contribution in [0.5, 0.6) is 0 Å². The van der Waals surface area contributed by atoms with Gasteiger partial charge < -0.3 is 14.2 Å². The lowest BCUT2D eigenvalue weighted by Crippen LogP contribution is -2.56. The zero-order valence-corrected chi connectivity index (χ0v) is 19.9. The first kappa shape index (κ1) is 22.1. The van der Waals surface area contributed by atoms with Gasteiger partial charge in [0.2, 0.25) is 0 Å². The highest BCUT2D eigenvalue weighted by Gasteiger charge is 2.39. The molecule has 178 valence electrons. The van der Waals surface area contributed by atoms with Crippen molar-refractivity contribution in [2.24, 2.45) is 0 Å². The molecule has 3 aromatic carbocycles. The van der Waals surface area contributed by atoms with Gasteiger partial charge in [0.05, 0.1) is 31.9 Å². The molecule has 5 heteroatoms. The smallest absolute Gasteiger partial charge is 0.410 e. The molecule has 35 heavy (non-hydrogen) atoms. The molecular formula is C30H29NO4. The van der Waals surface area contributed by atoms with Crippen LogP contribution in [0.1, 0.15) is 34.6 Å². The Labute approximate surface area is 205 Å². The maximum absolute atomic E-state index is 13.4. The second-order valence-corrected chi connectivity index (χ2v) is 9.50. The van der Waals surface area contributed by atoms with E-state index in [1.54, 1.807) is 7.11 Å². The molecule has 1 amide bonds. The van der Waals surface area contributed by atoms with Crippen molar-refractivity contribution in [3.05, 3.63) is 101 Å². The molecule has 0 radical (unpaired) electrons. The Balaban J connectivity index is 1.19. The molecular weight excluding hydrogens is 438 g/mol. The number of hydrogen-bond donors (Lipinski definition) is 0. The van der Waals surface area contributed by atoms with Gasteiger partial charge in [-0.25, -0.2) is 4.79 Å². The average Bonchev–Trinajstić information content (AvgIpc) is 3.21. The monoisotopic (exact) mass is 467 g/mol. The Bertz CT molecular complexity index is 1220. The van der Waals surface area contributed by atoms with E-state index in [0.29, 0.717) is 26.4 Å². The van der Waals surface area contributed by atoms with Crippen molar-refractivity contribution in [3.8, 4) is 11.1 Å². The van der Waals surface area contributed by atoms with Gasteiger partial charge in [-0.1, -0.05) is 78.9 Å². The highest BCUT2D eigenvalue weighted by atomic mass is 16.6. The molecule has 6 rings (SSSR count). The Hall–Kier alpha value is -3.41. The normalized spacial score (nSPS) is 20.7. The largest absolute Gasteiger partial charge is 0.448 e. The molecule has 0 N–H and O–H groups in total. The number of morpholine rings is 1. The summed E-state index contributed by atoms with van der Waals surface area (Å²) < 4.78 is 17.0. The van der Waals surface area contributed by atoms with Gasteiger partial charge in [-0.15, -0.1) is 0 Å². The first-order valence-corrected chi connectivity index (χ1v) is 12.2. The molecule has 0 aromatic heterocycles. The first-order valence-electron chi connectivity index (χ1n) is 12.2. The predicted molar refractivity (Wildman–Crippen MR) is 135 cm³/mol. The molecule has 2 bridgehead atoms. The van der Waals surface area contributed by atoms with E-state index in [1.165, 1.54) is 33.4 Å². The second-order valence-electron chi connectivity index (χ2n) is 9.50.